The van der Waals surface area contributed by atoms with Gasteiger partial charge in [-0.2, -0.15) is 0 Å². The maximum absolute atomic E-state index is 10.8. The molecule has 2 atom stereocenters. The van der Waals surface area contributed by atoms with Crippen molar-refractivity contribution in [2.75, 3.05) is 6.54 Å². The molecule has 122 valence electrons. The van der Waals surface area contributed by atoms with Crippen molar-refractivity contribution in [3.63, 3.8) is 0 Å². The van der Waals surface area contributed by atoms with E-state index in [1.165, 1.54) is 25.7 Å². The van der Waals surface area contributed by atoms with E-state index in [1.54, 1.807) is 12.1 Å². The standard InChI is InChI=1S/C19H29NO2/c1-14-10-16(12-19(2,3)11-14)8-9-20-13-15-4-6-17(7-5-15)18(21)22/h4-7,14,16,20H,8-13H2,1-3H3,(H,21,22). The van der Waals surface area contributed by atoms with Crippen LogP contribution in [0.1, 0.15) is 62.4 Å². The van der Waals surface area contributed by atoms with Gasteiger partial charge in [0.1, 0.15) is 0 Å². The first kappa shape index (κ1) is 17.0. The van der Waals surface area contributed by atoms with Gasteiger partial charge in [-0.3, -0.25) is 0 Å². The van der Waals surface area contributed by atoms with Crippen LogP contribution in [0.15, 0.2) is 24.3 Å². The van der Waals surface area contributed by atoms with Gasteiger partial charge in [0.2, 0.25) is 0 Å². The highest BCUT2D eigenvalue weighted by Gasteiger charge is 2.31. The highest BCUT2D eigenvalue weighted by atomic mass is 16.4. The predicted octanol–water partition coefficient (Wildman–Crippen LogP) is 4.33. The summed E-state index contributed by atoms with van der Waals surface area (Å²) in [6, 6.07) is 7.12. The number of hydrogen-bond donors (Lipinski definition) is 2. The van der Waals surface area contributed by atoms with Gasteiger partial charge in [-0.25, -0.2) is 4.79 Å². The quantitative estimate of drug-likeness (QED) is 0.769. The second-order valence-corrected chi connectivity index (χ2v) is 7.75. The number of aromatic carboxylic acids is 1. The first-order chi connectivity index (χ1) is 10.4. The van der Waals surface area contributed by atoms with E-state index in [0.29, 0.717) is 11.0 Å². The summed E-state index contributed by atoms with van der Waals surface area (Å²) in [7, 11) is 0. The Balaban J connectivity index is 1.71. The molecule has 0 bridgehead atoms. The van der Waals surface area contributed by atoms with Gasteiger partial charge < -0.3 is 10.4 Å². The molecular weight excluding hydrogens is 274 g/mol. The first-order valence-corrected chi connectivity index (χ1v) is 8.39. The van der Waals surface area contributed by atoms with Gasteiger partial charge >= 0.3 is 5.97 Å². The maximum atomic E-state index is 10.8. The van der Waals surface area contributed by atoms with Crippen molar-refractivity contribution >= 4 is 5.97 Å². The van der Waals surface area contributed by atoms with Gasteiger partial charge in [0, 0.05) is 6.54 Å². The zero-order chi connectivity index (χ0) is 16.2. The van der Waals surface area contributed by atoms with Crippen molar-refractivity contribution in [2.45, 2.75) is 53.0 Å². The normalized spacial score (nSPS) is 24.1. The third-order valence-electron chi connectivity index (χ3n) is 4.74. The molecule has 0 saturated heterocycles. The molecule has 2 N–H and O–H groups in total. The number of carboxylic acid groups (broad SMARTS) is 1. The average molecular weight is 303 g/mol. The Kier molecular flexibility index (Phi) is 5.63. The molecule has 0 spiro atoms. The third kappa shape index (κ3) is 5.13. The summed E-state index contributed by atoms with van der Waals surface area (Å²) in [5.41, 5.74) is 1.99. The largest absolute Gasteiger partial charge is 0.478 e. The number of hydrogen-bond acceptors (Lipinski definition) is 2. The molecule has 0 heterocycles. The summed E-state index contributed by atoms with van der Waals surface area (Å²) in [6.45, 7) is 9.02. The third-order valence-corrected chi connectivity index (χ3v) is 4.74. The van der Waals surface area contributed by atoms with Crippen LogP contribution >= 0.6 is 0 Å². The first-order valence-electron chi connectivity index (χ1n) is 8.39. The van der Waals surface area contributed by atoms with Gasteiger partial charge in [0.15, 0.2) is 0 Å². The van der Waals surface area contributed by atoms with E-state index in [-0.39, 0.29) is 0 Å². The summed E-state index contributed by atoms with van der Waals surface area (Å²) >= 11 is 0. The second kappa shape index (κ2) is 7.28. The number of rotatable bonds is 6. The number of carboxylic acids is 1. The summed E-state index contributed by atoms with van der Waals surface area (Å²) in [6.07, 6.45) is 5.29. The molecule has 22 heavy (non-hydrogen) atoms. The summed E-state index contributed by atoms with van der Waals surface area (Å²) in [4.78, 5) is 10.8. The van der Waals surface area contributed by atoms with Gasteiger partial charge in [-0.1, -0.05) is 32.9 Å². The topological polar surface area (TPSA) is 49.3 Å². The smallest absolute Gasteiger partial charge is 0.335 e. The summed E-state index contributed by atoms with van der Waals surface area (Å²) < 4.78 is 0. The number of nitrogens with one attached hydrogen (secondary N) is 1. The number of carbonyl (C=O) groups is 1. The van der Waals surface area contributed by atoms with Crippen molar-refractivity contribution in [3.8, 4) is 0 Å². The summed E-state index contributed by atoms with van der Waals surface area (Å²) in [5, 5.41) is 12.4. The van der Waals surface area contributed by atoms with Gasteiger partial charge in [-0.05, 0) is 67.2 Å². The minimum Gasteiger partial charge on any atom is -0.478 e. The van der Waals surface area contributed by atoms with E-state index in [1.807, 2.05) is 12.1 Å². The highest BCUT2D eigenvalue weighted by molar-refractivity contribution is 5.87. The molecule has 0 radical (unpaired) electrons. The van der Waals surface area contributed by atoms with Crippen LogP contribution in [0.5, 0.6) is 0 Å². The fraction of sp³-hybridized carbons (Fsp3) is 0.632. The lowest BCUT2D eigenvalue weighted by Crippen LogP contribution is -2.29. The molecule has 0 amide bonds. The maximum Gasteiger partial charge on any atom is 0.335 e. The fourth-order valence-electron chi connectivity index (χ4n) is 4.07. The van der Waals surface area contributed by atoms with Crippen LogP contribution in [-0.2, 0) is 6.54 Å². The SMILES string of the molecule is CC1CC(CCNCc2ccc(C(=O)O)cc2)CC(C)(C)C1. The molecule has 1 aliphatic carbocycles. The molecule has 1 aromatic rings. The van der Waals surface area contributed by atoms with E-state index in [4.69, 9.17) is 5.11 Å². The van der Waals surface area contributed by atoms with Crippen molar-refractivity contribution in [2.24, 2.45) is 17.3 Å². The zero-order valence-corrected chi connectivity index (χ0v) is 14.1. The Morgan fingerprint density at radius 2 is 1.95 bits per heavy atom. The lowest BCUT2D eigenvalue weighted by Gasteiger charge is -2.39. The molecule has 1 fully saturated rings. The molecule has 3 nitrogen and oxygen atoms in total. The predicted molar refractivity (Wildman–Crippen MR) is 90.0 cm³/mol. The lowest BCUT2D eigenvalue weighted by atomic mass is 9.67. The Morgan fingerprint density at radius 3 is 2.55 bits per heavy atom. The molecule has 0 aromatic heterocycles. The molecule has 3 heteroatoms. The lowest BCUT2D eigenvalue weighted by molar-refractivity contribution is 0.0697. The van der Waals surface area contributed by atoms with Crippen LogP contribution in [0.2, 0.25) is 0 Å². The number of benzene rings is 1. The van der Waals surface area contributed by atoms with Crippen molar-refractivity contribution in [1.29, 1.82) is 0 Å². The molecule has 1 aliphatic rings. The van der Waals surface area contributed by atoms with Gasteiger partial charge in [0.05, 0.1) is 5.56 Å². The molecule has 1 aromatic carbocycles. The Bertz CT molecular complexity index is 493. The van der Waals surface area contributed by atoms with Crippen LogP contribution in [-0.4, -0.2) is 17.6 Å². The monoisotopic (exact) mass is 303 g/mol. The second-order valence-electron chi connectivity index (χ2n) is 7.75. The Hall–Kier alpha value is -1.35. The molecular formula is C19H29NO2. The van der Waals surface area contributed by atoms with Crippen LogP contribution < -0.4 is 5.32 Å². The molecule has 2 rings (SSSR count). The van der Waals surface area contributed by atoms with Crippen LogP contribution in [0, 0.1) is 17.3 Å². The molecule has 0 aliphatic heterocycles. The van der Waals surface area contributed by atoms with Crippen molar-refractivity contribution in [3.05, 3.63) is 35.4 Å². The fourth-order valence-corrected chi connectivity index (χ4v) is 4.07. The van der Waals surface area contributed by atoms with Crippen LogP contribution in [0.3, 0.4) is 0 Å². The average Bonchev–Trinajstić information content (AvgIpc) is 2.42. The summed E-state index contributed by atoms with van der Waals surface area (Å²) in [5.74, 6) is 0.812. The highest BCUT2D eigenvalue weighted by Crippen LogP contribution is 2.42. The Morgan fingerprint density at radius 1 is 1.27 bits per heavy atom. The van der Waals surface area contributed by atoms with Gasteiger partial charge in [0.25, 0.3) is 0 Å². The van der Waals surface area contributed by atoms with Crippen LogP contribution in [0.4, 0.5) is 0 Å². The van der Waals surface area contributed by atoms with E-state index < -0.39 is 5.97 Å². The van der Waals surface area contributed by atoms with Crippen molar-refractivity contribution in [1.82, 2.24) is 5.32 Å². The zero-order valence-electron chi connectivity index (χ0n) is 14.1. The van der Waals surface area contributed by atoms with Crippen LogP contribution in [0.25, 0.3) is 0 Å². The van der Waals surface area contributed by atoms with E-state index in [0.717, 1.165) is 30.5 Å². The molecule has 2 unspecified atom stereocenters. The minimum atomic E-state index is -0.867. The Labute approximate surface area is 134 Å². The van der Waals surface area contributed by atoms with E-state index in [2.05, 4.69) is 26.1 Å². The van der Waals surface area contributed by atoms with E-state index in [9.17, 15) is 4.79 Å². The van der Waals surface area contributed by atoms with E-state index >= 15 is 0 Å². The van der Waals surface area contributed by atoms with Gasteiger partial charge in [-0.15, -0.1) is 0 Å². The van der Waals surface area contributed by atoms with Crippen molar-refractivity contribution < 1.29 is 9.90 Å². The minimum absolute atomic E-state index is 0.349. The molecule has 1 saturated carbocycles.